The molecule has 2 aromatic carbocycles. The third-order valence-electron chi connectivity index (χ3n) is 2.75. The average molecular weight is 440 g/mol. The largest absolute Gasteiger partial charge is 0.497 e. The molecule has 0 aliphatic carbocycles. The Morgan fingerprint density at radius 2 is 1.35 bits per heavy atom. The molecule has 0 N–H and O–H groups in total. The number of ether oxygens (including phenoxy) is 2. The smallest absolute Gasteiger partial charge is 0.308 e. The van der Waals surface area contributed by atoms with Gasteiger partial charge < -0.3 is 9.47 Å². The molecule has 104 valence electrons. The maximum atomic E-state index is 10.8. The van der Waals surface area contributed by atoms with E-state index in [0.29, 0.717) is 5.75 Å². The van der Waals surface area contributed by atoms with E-state index in [1.54, 1.807) is 19.2 Å². The molecule has 0 unspecified atom stereocenters. The van der Waals surface area contributed by atoms with Crippen LogP contribution in [0.2, 0.25) is 0 Å². The number of methoxy groups -OCH3 is 1. The van der Waals surface area contributed by atoms with Crippen molar-refractivity contribution in [2.75, 3.05) is 7.11 Å². The van der Waals surface area contributed by atoms with Crippen LogP contribution in [0.15, 0.2) is 48.5 Å². The van der Waals surface area contributed by atoms with Gasteiger partial charge in [0.2, 0.25) is 0 Å². The van der Waals surface area contributed by atoms with Crippen LogP contribution in [0, 0.1) is 0 Å². The van der Waals surface area contributed by atoms with Gasteiger partial charge in [-0.25, -0.2) is 0 Å². The van der Waals surface area contributed by atoms with Crippen LogP contribution < -0.4 is 9.47 Å². The molecule has 0 fully saturated rings. The first kappa shape index (κ1) is 16.5. The van der Waals surface area contributed by atoms with E-state index in [4.69, 9.17) is 9.47 Å². The Balaban J connectivity index is 0.00000200. The number of carbonyl (C=O) groups is 1. The number of carbonyl (C=O) groups excluding carboxylic acids is 1. The molecule has 0 aromatic heterocycles. The molecule has 0 radical (unpaired) electrons. The predicted octanol–water partition coefficient (Wildman–Crippen LogP) is 3.21. The van der Waals surface area contributed by atoms with E-state index in [2.05, 4.69) is 0 Å². The first-order valence-electron chi connectivity index (χ1n) is 6.07. The fourth-order valence-electron chi connectivity index (χ4n) is 1.82. The standard InChI is InChI=1S/C16H16O3.W/c1-12(17)19-16-9-5-14(6-10-16)11-13-3-7-15(18-2)8-4-13;/h3-10H,11H2,1-2H3;. The molecule has 0 saturated heterocycles. The first-order valence-corrected chi connectivity index (χ1v) is 6.07. The van der Waals surface area contributed by atoms with Crippen molar-refractivity contribution >= 4 is 5.97 Å². The van der Waals surface area contributed by atoms with Crippen LogP contribution in [0.4, 0.5) is 0 Å². The molecule has 0 heterocycles. The Morgan fingerprint density at radius 3 is 1.75 bits per heavy atom. The van der Waals surface area contributed by atoms with Gasteiger partial charge in [-0.2, -0.15) is 0 Å². The minimum atomic E-state index is -0.303. The van der Waals surface area contributed by atoms with Crippen molar-refractivity contribution in [2.45, 2.75) is 13.3 Å². The van der Waals surface area contributed by atoms with E-state index in [1.807, 2.05) is 36.4 Å². The Morgan fingerprint density at radius 1 is 0.900 bits per heavy atom. The maximum Gasteiger partial charge on any atom is 0.308 e. The van der Waals surface area contributed by atoms with Crippen molar-refractivity contribution in [1.29, 1.82) is 0 Å². The predicted molar refractivity (Wildman–Crippen MR) is 73.6 cm³/mol. The summed E-state index contributed by atoms with van der Waals surface area (Å²) < 4.78 is 10.1. The number of rotatable bonds is 4. The zero-order chi connectivity index (χ0) is 13.7. The minimum Gasteiger partial charge on any atom is -0.497 e. The van der Waals surface area contributed by atoms with Gasteiger partial charge in [-0.05, 0) is 41.8 Å². The molecule has 20 heavy (non-hydrogen) atoms. The molecular formula is C16H16O3W. The number of hydrogen-bond acceptors (Lipinski definition) is 3. The average Bonchev–Trinajstić information content (AvgIpc) is 2.41. The quantitative estimate of drug-likeness (QED) is 0.542. The molecule has 0 aliphatic rings. The SMILES string of the molecule is COc1ccc(Cc2ccc(OC(C)=O)cc2)cc1.[W]. The van der Waals surface area contributed by atoms with Gasteiger partial charge >= 0.3 is 5.97 Å². The van der Waals surface area contributed by atoms with Crippen LogP contribution in [0.1, 0.15) is 18.1 Å². The second-order valence-corrected chi connectivity index (χ2v) is 4.26. The zero-order valence-electron chi connectivity index (χ0n) is 11.5. The monoisotopic (exact) mass is 440 g/mol. The summed E-state index contributed by atoms with van der Waals surface area (Å²) in [6, 6.07) is 15.5. The molecule has 0 aliphatic heterocycles. The molecule has 0 saturated carbocycles. The van der Waals surface area contributed by atoms with Crippen LogP contribution in [0.25, 0.3) is 0 Å². The van der Waals surface area contributed by atoms with Gasteiger partial charge in [0.15, 0.2) is 0 Å². The minimum absolute atomic E-state index is 0. The van der Waals surface area contributed by atoms with E-state index in [9.17, 15) is 4.79 Å². The zero-order valence-corrected chi connectivity index (χ0v) is 14.4. The van der Waals surface area contributed by atoms with Crippen LogP contribution >= 0.6 is 0 Å². The fourth-order valence-corrected chi connectivity index (χ4v) is 1.82. The molecule has 0 atom stereocenters. The van der Waals surface area contributed by atoms with Gasteiger partial charge in [0.1, 0.15) is 11.5 Å². The Hall–Kier alpha value is -1.60. The molecular weight excluding hydrogens is 424 g/mol. The summed E-state index contributed by atoms with van der Waals surface area (Å²) in [7, 11) is 1.66. The van der Waals surface area contributed by atoms with E-state index in [0.717, 1.165) is 12.2 Å². The maximum absolute atomic E-state index is 10.8. The summed E-state index contributed by atoms with van der Waals surface area (Å²) in [4.78, 5) is 10.8. The summed E-state index contributed by atoms with van der Waals surface area (Å²) in [5, 5.41) is 0. The summed E-state index contributed by atoms with van der Waals surface area (Å²) >= 11 is 0. The van der Waals surface area contributed by atoms with Crippen molar-refractivity contribution in [3.05, 3.63) is 59.7 Å². The fraction of sp³-hybridized carbons (Fsp3) is 0.188. The van der Waals surface area contributed by atoms with Gasteiger partial charge in [-0.3, -0.25) is 4.79 Å². The number of hydrogen-bond donors (Lipinski definition) is 0. The topological polar surface area (TPSA) is 35.5 Å². The normalized spacial score (nSPS) is 9.50. The van der Waals surface area contributed by atoms with Crippen LogP contribution in [-0.4, -0.2) is 13.1 Å². The Labute approximate surface area is 133 Å². The summed E-state index contributed by atoms with van der Waals surface area (Å²) in [6.45, 7) is 1.39. The molecule has 0 amide bonds. The van der Waals surface area contributed by atoms with Crippen LogP contribution in [0.3, 0.4) is 0 Å². The van der Waals surface area contributed by atoms with Crippen molar-refractivity contribution < 1.29 is 35.3 Å². The van der Waals surface area contributed by atoms with Crippen molar-refractivity contribution in [3.63, 3.8) is 0 Å². The number of esters is 1. The molecule has 4 heteroatoms. The molecule has 2 aromatic rings. The van der Waals surface area contributed by atoms with Gasteiger partial charge in [-0.1, -0.05) is 24.3 Å². The second kappa shape index (κ2) is 7.86. The molecule has 2 rings (SSSR count). The Kier molecular flexibility index (Phi) is 6.47. The summed E-state index contributed by atoms with van der Waals surface area (Å²) in [6.07, 6.45) is 0.838. The van der Waals surface area contributed by atoms with Gasteiger partial charge in [0.25, 0.3) is 0 Å². The second-order valence-electron chi connectivity index (χ2n) is 4.26. The third-order valence-corrected chi connectivity index (χ3v) is 2.75. The van der Waals surface area contributed by atoms with Gasteiger partial charge in [-0.15, -0.1) is 0 Å². The van der Waals surface area contributed by atoms with Crippen molar-refractivity contribution in [2.24, 2.45) is 0 Å². The van der Waals surface area contributed by atoms with E-state index < -0.39 is 0 Å². The molecule has 0 bridgehead atoms. The Bertz CT molecular complexity index is 547. The molecule has 0 spiro atoms. The van der Waals surface area contributed by atoms with Crippen LogP contribution in [0.5, 0.6) is 11.5 Å². The van der Waals surface area contributed by atoms with E-state index in [-0.39, 0.29) is 27.0 Å². The van der Waals surface area contributed by atoms with Crippen LogP contribution in [-0.2, 0) is 32.3 Å². The molecule has 3 nitrogen and oxygen atoms in total. The van der Waals surface area contributed by atoms with E-state index >= 15 is 0 Å². The van der Waals surface area contributed by atoms with E-state index in [1.165, 1.54) is 18.1 Å². The van der Waals surface area contributed by atoms with Gasteiger partial charge in [0.05, 0.1) is 7.11 Å². The van der Waals surface area contributed by atoms with Crippen molar-refractivity contribution in [1.82, 2.24) is 0 Å². The third kappa shape index (κ3) is 4.82. The van der Waals surface area contributed by atoms with Crippen molar-refractivity contribution in [3.8, 4) is 11.5 Å². The first-order chi connectivity index (χ1) is 9.17. The summed E-state index contributed by atoms with van der Waals surface area (Å²) in [5.74, 6) is 1.13. The number of benzene rings is 2. The summed E-state index contributed by atoms with van der Waals surface area (Å²) in [5.41, 5.74) is 2.38. The van der Waals surface area contributed by atoms with Gasteiger partial charge in [0, 0.05) is 28.0 Å².